The number of carbonyl (C=O) groups is 1. The first-order valence-electron chi connectivity index (χ1n) is 8.43. The highest BCUT2D eigenvalue weighted by Crippen LogP contribution is 2.14. The van der Waals surface area contributed by atoms with Crippen molar-refractivity contribution in [2.24, 2.45) is 0 Å². The van der Waals surface area contributed by atoms with Gasteiger partial charge < -0.3 is 15.4 Å². The van der Waals surface area contributed by atoms with E-state index in [2.05, 4.69) is 31.1 Å². The number of carbonyl (C=O) groups excluding carboxylic acids is 1. The number of nitrogens with zero attached hydrogens (tertiary/aromatic N) is 5. The first-order valence-corrected chi connectivity index (χ1v) is 8.43. The van der Waals surface area contributed by atoms with Crippen molar-refractivity contribution in [1.82, 2.24) is 30.4 Å². The Kier molecular flexibility index (Phi) is 5.91. The summed E-state index contributed by atoms with van der Waals surface area (Å²) in [6.07, 6.45) is 0.914. The molecular weight excluding hydrogens is 322 g/mol. The van der Waals surface area contributed by atoms with Crippen LogP contribution in [0.1, 0.15) is 12.2 Å². The van der Waals surface area contributed by atoms with Gasteiger partial charge in [-0.15, -0.1) is 5.10 Å². The SMILES string of the molecule is Cc1nnnn1-c1cccc(NC(=O)NCCCN2CCOCC2)c1. The summed E-state index contributed by atoms with van der Waals surface area (Å²) in [6.45, 7) is 6.95. The second-order valence-electron chi connectivity index (χ2n) is 5.88. The van der Waals surface area contributed by atoms with Crippen LogP contribution >= 0.6 is 0 Å². The number of anilines is 1. The second-order valence-corrected chi connectivity index (χ2v) is 5.88. The van der Waals surface area contributed by atoms with Gasteiger partial charge in [-0.05, 0) is 48.5 Å². The highest BCUT2D eigenvalue weighted by atomic mass is 16.5. The molecule has 1 aromatic heterocycles. The summed E-state index contributed by atoms with van der Waals surface area (Å²) in [5.74, 6) is 0.685. The summed E-state index contributed by atoms with van der Waals surface area (Å²) in [4.78, 5) is 14.4. The number of hydrogen-bond acceptors (Lipinski definition) is 6. The second kappa shape index (κ2) is 8.54. The zero-order chi connectivity index (χ0) is 17.5. The maximum atomic E-state index is 12.0. The molecule has 2 amide bonds. The largest absolute Gasteiger partial charge is 0.379 e. The van der Waals surface area contributed by atoms with Crippen LogP contribution in [0.4, 0.5) is 10.5 Å². The number of aromatic nitrogens is 4. The number of benzene rings is 1. The lowest BCUT2D eigenvalue weighted by molar-refractivity contribution is 0.0375. The normalized spacial score (nSPS) is 15.1. The minimum Gasteiger partial charge on any atom is -0.379 e. The van der Waals surface area contributed by atoms with Crippen molar-refractivity contribution in [2.75, 3.05) is 44.7 Å². The standard InChI is InChI=1S/C16H23N7O2/c1-13-19-20-21-23(13)15-5-2-4-14(12-15)18-16(24)17-6-3-7-22-8-10-25-11-9-22/h2,4-5,12H,3,6-11H2,1H3,(H2,17,18,24). The van der Waals surface area contributed by atoms with Crippen LogP contribution in [-0.2, 0) is 4.74 Å². The zero-order valence-electron chi connectivity index (χ0n) is 14.3. The van der Waals surface area contributed by atoms with Crippen LogP contribution in [-0.4, -0.2) is 70.5 Å². The summed E-state index contributed by atoms with van der Waals surface area (Å²) in [5.41, 5.74) is 1.49. The van der Waals surface area contributed by atoms with Gasteiger partial charge in [0.25, 0.3) is 0 Å². The smallest absolute Gasteiger partial charge is 0.319 e. The van der Waals surface area contributed by atoms with Crippen LogP contribution in [0.15, 0.2) is 24.3 Å². The highest BCUT2D eigenvalue weighted by molar-refractivity contribution is 5.89. The van der Waals surface area contributed by atoms with Crippen molar-refractivity contribution in [3.63, 3.8) is 0 Å². The molecule has 0 atom stereocenters. The Bertz CT molecular complexity index is 697. The van der Waals surface area contributed by atoms with E-state index in [9.17, 15) is 4.79 Å². The van der Waals surface area contributed by atoms with E-state index < -0.39 is 0 Å². The Morgan fingerprint density at radius 2 is 2.16 bits per heavy atom. The van der Waals surface area contributed by atoms with Crippen molar-refractivity contribution in [3.8, 4) is 5.69 Å². The van der Waals surface area contributed by atoms with Crippen LogP contribution in [0.2, 0.25) is 0 Å². The van der Waals surface area contributed by atoms with E-state index in [0.717, 1.165) is 45.0 Å². The van der Waals surface area contributed by atoms with Gasteiger partial charge in [-0.3, -0.25) is 4.90 Å². The van der Waals surface area contributed by atoms with E-state index in [1.165, 1.54) is 0 Å². The fourth-order valence-electron chi connectivity index (χ4n) is 2.69. The predicted octanol–water partition coefficient (Wildman–Crippen LogP) is 0.815. The molecule has 0 saturated carbocycles. The molecular formula is C16H23N7O2. The minimum atomic E-state index is -0.215. The first-order chi connectivity index (χ1) is 12.2. The number of tetrazole rings is 1. The zero-order valence-corrected chi connectivity index (χ0v) is 14.3. The van der Waals surface area contributed by atoms with E-state index in [1.807, 2.05) is 31.2 Å². The molecule has 1 saturated heterocycles. The van der Waals surface area contributed by atoms with E-state index in [1.54, 1.807) is 4.68 Å². The van der Waals surface area contributed by atoms with E-state index in [4.69, 9.17) is 4.74 Å². The Morgan fingerprint density at radius 1 is 1.32 bits per heavy atom. The third-order valence-electron chi connectivity index (χ3n) is 4.01. The number of hydrogen-bond donors (Lipinski definition) is 2. The van der Waals surface area contributed by atoms with Gasteiger partial charge in [0.15, 0.2) is 5.82 Å². The number of urea groups is 1. The Hall–Kier alpha value is -2.52. The number of amides is 2. The van der Waals surface area contributed by atoms with Gasteiger partial charge in [0.2, 0.25) is 0 Å². The van der Waals surface area contributed by atoms with Crippen LogP contribution in [0.25, 0.3) is 5.69 Å². The Labute approximate surface area is 146 Å². The van der Waals surface area contributed by atoms with Crippen LogP contribution < -0.4 is 10.6 Å². The first kappa shape index (κ1) is 17.3. The molecule has 134 valence electrons. The molecule has 0 spiro atoms. The van der Waals surface area contributed by atoms with E-state index in [0.29, 0.717) is 18.1 Å². The molecule has 0 bridgehead atoms. The maximum Gasteiger partial charge on any atom is 0.319 e. The number of nitrogens with one attached hydrogen (secondary N) is 2. The number of ether oxygens (including phenoxy) is 1. The lowest BCUT2D eigenvalue weighted by atomic mass is 10.3. The summed E-state index contributed by atoms with van der Waals surface area (Å²) in [5, 5.41) is 17.1. The van der Waals surface area contributed by atoms with E-state index in [-0.39, 0.29) is 6.03 Å². The van der Waals surface area contributed by atoms with Gasteiger partial charge >= 0.3 is 6.03 Å². The molecule has 25 heavy (non-hydrogen) atoms. The molecule has 9 nitrogen and oxygen atoms in total. The van der Waals surface area contributed by atoms with Gasteiger partial charge in [0.1, 0.15) is 0 Å². The minimum absolute atomic E-state index is 0.215. The molecule has 9 heteroatoms. The highest BCUT2D eigenvalue weighted by Gasteiger charge is 2.10. The molecule has 1 aromatic carbocycles. The van der Waals surface area contributed by atoms with Crippen LogP contribution in [0.3, 0.4) is 0 Å². The van der Waals surface area contributed by atoms with Crippen molar-refractivity contribution in [3.05, 3.63) is 30.1 Å². The van der Waals surface area contributed by atoms with Crippen molar-refractivity contribution >= 4 is 11.7 Å². The average molecular weight is 345 g/mol. The van der Waals surface area contributed by atoms with Crippen molar-refractivity contribution < 1.29 is 9.53 Å². The maximum absolute atomic E-state index is 12.0. The molecule has 0 radical (unpaired) electrons. The summed E-state index contributed by atoms with van der Waals surface area (Å²) in [6, 6.07) is 7.18. The van der Waals surface area contributed by atoms with E-state index >= 15 is 0 Å². The molecule has 2 heterocycles. The molecule has 1 fully saturated rings. The molecule has 1 aliphatic rings. The third kappa shape index (κ3) is 4.97. The molecule has 0 unspecified atom stereocenters. The topological polar surface area (TPSA) is 97.2 Å². The summed E-state index contributed by atoms with van der Waals surface area (Å²) < 4.78 is 6.94. The van der Waals surface area contributed by atoms with Crippen LogP contribution in [0.5, 0.6) is 0 Å². The van der Waals surface area contributed by atoms with Gasteiger partial charge in [0, 0.05) is 25.3 Å². The Morgan fingerprint density at radius 3 is 2.92 bits per heavy atom. The van der Waals surface area contributed by atoms with Gasteiger partial charge in [-0.25, -0.2) is 4.79 Å². The van der Waals surface area contributed by atoms with Crippen molar-refractivity contribution in [2.45, 2.75) is 13.3 Å². The summed E-state index contributed by atoms with van der Waals surface area (Å²) in [7, 11) is 0. The molecule has 2 aromatic rings. The fraction of sp³-hybridized carbons (Fsp3) is 0.500. The summed E-state index contributed by atoms with van der Waals surface area (Å²) >= 11 is 0. The van der Waals surface area contributed by atoms with Gasteiger partial charge in [-0.2, -0.15) is 4.68 Å². The van der Waals surface area contributed by atoms with Crippen molar-refractivity contribution in [1.29, 1.82) is 0 Å². The number of aryl methyl sites for hydroxylation is 1. The molecule has 3 rings (SSSR count). The number of morpholine rings is 1. The Balaban J connectivity index is 1.44. The monoisotopic (exact) mass is 345 g/mol. The quantitative estimate of drug-likeness (QED) is 0.752. The predicted molar refractivity (Wildman–Crippen MR) is 92.8 cm³/mol. The third-order valence-corrected chi connectivity index (χ3v) is 4.01. The molecule has 2 N–H and O–H groups in total. The molecule has 1 aliphatic heterocycles. The lowest BCUT2D eigenvalue weighted by Gasteiger charge is -2.26. The average Bonchev–Trinajstić information content (AvgIpc) is 3.06. The van der Waals surface area contributed by atoms with Gasteiger partial charge in [-0.1, -0.05) is 6.07 Å². The lowest BCUT2D eigenvalue weighted by Crippen LogP contribution is -2.38. The van der Waals surface area contributed by atoms with Crippen LogP contribution in [0, 0.1) is 6.92 Å². The number of rotatable bonds is 6. The van der Waals surface area contributed by atoms with Gasteiger partial charge in [0.05, 0.1) is 18.9 Å². The fourth-order valence-corrected chi connectivity index (χ4v) is 2.69. The molecule has 0 aliphatic carbocycles.